The molecule has 0 aliphatic rings. The molecule has 6 rings (SSSR count). The third-order valence-electron chi connectivity index (χ3n) is 5.17. The van der Waals surface area contributed by atoms with Gasteiger partial charge in [0.05, 0.1) is 22.4 Å². The summed E-state index contributed by atoms with van der Waals surface area (Å²) in [4.78, 5) is 13.5. The van der Waals surface area contributed by atoms with E-state index in [2.05, 4.69) is 45.3 Å². The van der Waals surface area contributed by atoms with Crippen molar-refractivity contribution in [2.24, 2.45) is 0 Å². The van der Waals surface area contributed by atoms with Crippen molar-refractivity contribution in [1.29, 1.82) is 0 Å². The Balaban J connectivity index is 0.000000190. The first-order valence-corrected chi connectivity index (χ1v) is 13.6. The molecule has 0 saturated carbocycles. The Kier molecular flexibility index (Phi) is 9.28. The van der Waals surface area contributed by atoms with Crippen LogP contribution in [0.3, 0.4) is 0 Å². The normalized spacial score (nSPS) is 12.5. The SMILES string of the molecule is F[P-](F)(F)(F)(F)F.Fc1c[c-]c(-c2ccccn2)cc1.[Ir].c1ccc2nc(-c3ccc4ccccc4n3)ccc2c1. The van der Waals surface area contributed by atoms with Gasteiger partial charge >= 0.3 is 33.0 Å². The van der Waals surface area contributed by atoms with Gasteiger partial charge in [-0.15, -0.1) is 29.8 Å². The average molecular weight is 766 g/mol. The van der Waals surface area contributed by atoms with E-state index in [4.69, 9.17) is 0 Å². The second kappa shape index (κ2) is 12.0. The van der Waals surface area contributed by atoms with Crippen LogP contribution in [0.4, 0.5) is 29.6 Å². The van der Waals surface area contributed by atoms with Gasteiger partial charge < -0.3 is 4.98 Å². The quantitative estimate of drug-likeness (QED) is 0.100. The molecule has 0 saturated heterocycles. The number of aromatic nitrogens is 3. The van der Waals surface area contributed by atoms with E-state index in [1.807, 2.05) is 66.7 Å². The predicted octanol–water partition coefficient (Wildman–Crippen LogP) is 10.5. The molecule has 3 aromatic carbocycles. The zero-order valence-corrected chi connectivity index (χ0v) is 24.0. The molecule has 3 nitrogen and oxygen atoms in total. The van der Waals surface area contributed by atoms with Crippen LogP contribution in [0, 0.1) is 11.9 Å². The zero-order valence-electron chi connectivity index (χ0n) is 20.7. The molecule has 0 fully saturated rings. The zero-order chi connectivity index (χ0) is 28.9. The van der Waals surface area contributed by atoms with Gasteiger partial charge in [0, 0.05) is 42.9 Å². The molecule has 0 bridgehead atoms. The minimum Gasteiger partial charge on any atom is -0.305 e. The summed E-state index contributed by atoms with van der Waals surface area (Å²) < 4.78 is 71.7. The summed E-state index contributed by atoms with van der Waals surface area (Å²) in [6, 6.07) is 37.3. The Labute approximate surface area is 243 Å². The van der Waals surface area contributed by atoms with Gasteiger partial charge in [0.2, 0.25) is 0 Å². The Morgan fingerprint density at radius 3 is 1.46 bits per heavy atom. The largest absolute Gasteiger partial charge is 0.305 e. The third kappa shape index (κ3) is 11.0. The van der Waals surface area contributed by atoms with Crippen LogP contribution in [0.2, 0.25) is 0 Å². The van der Waals surface area contributed by atoms with Crippen molar-refractivity contribution in [3.63, 3.8) is 0 Å². The summed E-state index contributed by atoms with van der Waals surface area (Å²) in [5.41, 5.74) is 5.44. The molecule has 0 aliphatic carbocycles. The van der Waals surface area contributed by atoms with Gasteiger partial charge in [0.15, 0.2) is 0 Å². The number of halogens is 7. The van der Waals surface area contributed by atoms with Crippen LogP contribution in [0.5, 0.6) is 0 Å². The molecule has 6 aromatic rings. The van der Waals surface area contributed by atoms with E-state index in [1.54, 1.807) is 12.3 Å². The number of hydrogen-bond donors (Lipinski definition) is 0. The number of rotatable bonds is 2. The second-order valence-electron chi connectivity index (χ2n) is 8.37. The van der Waals surface area contributed by atoms with Crippen LogP contribution in [0.25, 0.3) is 44.5 Å². The van der Waals surface area contributed by atoms with Crippen LogP contribution in [-0.4, -0.2) is 15.0 Å². The molecule has 41 heavy (non-hydrogen) atoms. The summed E-state index contributed by atoms with van der Waals surface area (Å²) in [6.07, 6.45) is 1.70. The van der Waals surface area contributed by atoms with Gasteiger partial charge in [-0.2, -0.15) is 0 Å². The van der Waals surface area contributed by atoms with E-state index in [0.717, 1.165) is 44.5 Å². The van der Waals surface area contributed by atoms with Crippen molar-refractivity contribution in [3.05, 3.63) is 127 Å². The molecule has 0 atom stereocenters. The fraction of sp³-hybridized carbons (Fsp3) is 0. The number of fused-ring (bicyclic) bond motifs is 2. The molecule has 0 aliphatic heterocycles. The van der Waals surface area contributed by atoms with Crippen LogP contribution in [0.15, 0.2) is 115 Å². The molecule has 3 aromatic heterocycles. The molecule has 1 radical (unpaired) electrons. The van der Waals surface area contributed by atoms with Crippen LogP contribution < -0.4 is 0 Å². The monoisotopic (exact) mass is 766 g/mol. The van der Waals surface area contributed by atoms with Gasteiger partial charge in [-0.05, 0) is 36.0 Å². The van der Waals surface area contributed by atoms with Crippen LogP contribution in [0.1, 0.15) is 0 Å². The minimum atomic E-state index is -10.7. The van der Waals surface area contributed by atoms with E-state index in [-0.39, 0.29) is 25.9 Å². The van der Waals surface area contributed by atoms with Gasteiger partial charge in [-0.1, -0.05) is 60.7 Å². The molecular formula is C29H19F7IrN3P-2. The molecule has 215 valence electrons. The van der Waals surface area contributed by atoms with E-state index >= 15 is 0 Å². The Morgan fingerprint density at radius 2 is 1.02 bits per heavy atom. The smallest absolute Gasteiger partial charge is 0.0894 e. The number of hydrogen-bond acceptors (Lipinski definition) is 3. The molecule has 3 heterocycles. The molecule has 0 amide bonds. The van der Waals surface area contributed by atoms with Crippen LogP contribution >= 0.6 is 7.81 Å². The molecule has 0 unspecified atom stereocenters. The first-order chi connectivity index (χ1) is 18.7. The van der Waals surface area contributed by atoms with E-state index in [1.165, 1.54) is 12.1 Å². The maximum Gasteiger partial charge on any atom is 0.0894 e. The maximum absolute atomic E-state index is 12.6. The van der Waals surface area contributed by atoms with Crippen molar-refractivity contribution < 1.29 is 49.7 Å². The van der Waals surface area contributed by atoms with Crippen LogP contribution in [-0.2, 0) is 20.1 Å². The molecular weight excluding hydrogens is 747 g/mol. The molecule has 12 heteroatoms. The average Bonchev–Trinajstić information content (AvgIpc) is 2.92. The first-order valence-electron chi connectivity index (χ1n) is 11.6. The number of para-hydroxylation sites is 2. The number of benzene rings is 3. The summed E-state index contributed by atoms with van der Waals surface area (Å²) in [6.45, 7) is 0. The fourth-order valence-electron chi connectivity index (χ4n) is 3.50. The van der Waals surface area contributed by atoms with Crippen molar-refractivity contribution in [3.8, 4) is 22.6 Å². The maximum atomic E-state index is 12.6. The van der Waals surface area contributed by atoms with Gasteiger partial charge in [0.1, 0.15) is 0 Å². The first kappa shape index (κ1) is 31.7. The van der Waals surface area contributed by atoms with Crippen molar-refractivity contribution in [2.75, 3.05) is 0 Å². The molecule has 0 N–H and O–H groups in total. The Morgan fingerprint density at radius 1 is 0.537 bits per heavy atom. The number of pyridine rings is 3. The molecule has 0 spiro atoms. The summed E-state index contributed by atoms with van der Waals surface area (Å²) in [5, 5.41) is 2.30. The number of nitrogens with zero attached hydrogens (tertiary/aromatic N) is 3. The summed E-state index contributed by atoms with van der Waals surface area (Å²) in [7, 11) is -10.7. The minimum absolute atomic E-state index is 0. The third-order valence-corrected chi connectivity index (χ3v) is 5.17. The summed E-state index contributed by atoms with van der Waals surface area (Å²) >= 11 is 0. The Bertz CT molecular complexity index is 1660. The summed E-state index contributed by atoms with van der Waals surface area (Å²) in [5.74, 6) is -0.278. The van der Waals surface area contributed by atoms with Crippen molar-refractivity contribution in [2.45, 2.75) is 0 Å². The second-order valence-corrected chi connectivity index (χ2v) is 10.3. The van der Waals surface area contributed by atoms with Gasteiger partial charge in [0.25, 0.3) is 0 Å². The van der Waals surface area contributed by atoms with Crippen molar-refractivity contribution in [1.82, 2.24) is 15.0 Å². The van der Waals surface area contributed by atoms with Gasteiger partial charge in [-0.3, -0.25) is 4.39 Å². The van der Waals surface area contributed by atoms with Crippen molar-refractivity contribution >= 4 is 29.6 Å². The van der Waals surface area contributed by atoms with E-state index < -0.39 is 7.81 Å². The fourth-order valence-corrected chi connectivity index (χ4v) is 3.50. The standard InChI is InChI=1S/C18H12N2.C11H7FN.F6P.Ir/c1-3-7-15-13(5-1)9-11-17(19-15)18-12-10-14-6-2-4-8-16(14)20-18;12-10-6-4-9(5-7-10)11-3-1-2-8-13-11;1-7(2,3,4,5)6;/h1-12H;1-4,6-8H;;/q;2*-1;. The Hall–Kier alpha value is -3.78. The predicted molar refractivity (Wildman–Crippen MR) is 145 cm³/mol. The van der Waals surface area contributed by atoms with Gasteiger partial charge in [-0.25, -0.2) is 9.97 Å². The van der Waals surface area contributed by atoms with E-state index in [0.29, 0.717) is 0 Å². The topological polar surface area (TPSA) is 38.7 Å². The van der Waals surface area contributed by atoms with E-state index in [9.17, 15) is 29.6 Å².